The van der Waals surface area contributed by atoms with E-state index in [1.54, 1.807) is 6.07 Å². The first kappa shape index (κ1) is 15.2. The predicted octanol–water partition coefficient (Wildman–Crippen LogP) is 2.11. The number of hydrogen-bond acceptors (Lipinski definition) is 6. The topological polar surface area (TPSA) is 84.8 Å². The Morgan fingerprint density at radius 1 is 1.30 bits per heavy atom. The van der Waals surface area contributed by atoms with Gasteiger partial charge < -0.3 is 19.5 Å². The van der Waals surface area contributed by atoms with Gasteiger partial charge in [-0.2, -0.15) is 4.98 Å². The van der Waals surface area contributed by atoms with Crippen LogP contribution in [0.3, 0.4) is 0 Å². The number of carboxylic acid groups (broad SMARTS) is 1. The van der Waals surface area contributed by atoms with Gasteiger partial charge in [0.1, 0.15) is 11.3 Å². The molecule has 0 unspecified atom stereocenters. The van der Waals surface area contributed by atoms with Gasteiger partial charge in [0.15, 0.2) is 0 Å². The SMILES string of the molecule is Cc1ccccc1Oc1nc(N2CCOCC2)ncc1C(=O)O. The fourth-order valence-electron chi connectivity index (χ4n) is 2.27. The Morgan fingerprint density at radius 2 is 2.04 bits per heavy atom. The van der Waals surface area contributed by atoms with Crippen molar-refractivity contribution in [3.63, 3.8) is 0 Å². The maximum Gasteiger partial charge on any atom is 0.342 e. The number of carbonyl (C=O) groups is 1. The second kappa shape index (κ2) is 6.62. The van der Waals surface area contributed by atoms with Gasteiger partial charge in [-0.25, -0.2) is 9.78 Å². The lowest BCUT2D eigenvalue weighted by Crippen LogP contribution is -2.37. The van der Waals surface area contributed by atoms with Gasteiger partial charge in [0.25, 0.3) is 0 Å². The van der Waals surface area contributed by atoms with Crippen molar-refractivity contribution in [1.82, 2.24) is 9.97 Å². The van der Waals surface area contributed by atoms with Gasteiger partial charge in [-0.1, -0.05) is 18.2 Å². The van der Waals surface area contributed by atoms with Crippen LogP contribution in [0.25, 0.3) is 0 Å². The molecular weight excluding hydrogens is 298 g/mol. The molecule has 2 heterocycles. The summed E-state index contributed by atoms with van der Waals surface area (Å²) in [5, 5.41) is 9.32. The summed E-state index contributed by atoms with van der Waals surface area (Å²) in [6.07, 6.45) is 1.29. The number of nitrogens with zero attached hydrogens (tertiary/aromatic N) is 3. The van der Waals surface area contributed by atoms with E-state index in [4.69, 9.17) is 9.47 Å². The lowest BCUT2D eigenvalue weighted by atomic mass is 10.2. The smallest absolute Gasteiger partial charge is 0.342 e. The highest BCUT2D eigenvalue weighted by molar-refractivity contribution is 5.90. The highest BCUT2D eigenvalue weighted by Crippen LogP contribution is 2.27. The molecule has 1 fully saturated rings. The molecule has 23 heavy (non-hydrogen) atoms. The standard InChI is InChI=1S/C16H17N3O4/c1-11-4-2-3-5-13(11)23-14-12(15(20)21)10-17-16(18-14)19-6-8-22-9-7-19/h2-5,10H,6-9H2,1H3,(H,20,21). The van der Waals surface area contributed by atoms with Gasteiger partial charge in [0.05, 0.1) is 19.4 Å². The molecule has 7 heteroatoms. The van der Waals surface area contributed by atoms with Crippen molar-refractivity contribution in [2.24, 2.45) is 0 Å². The molecule has 0 amide bonds. The average molecular weight is 315 g/mol. The van der Waals surface area contributed by atoms with Crippen molar-refractivity contribution in [2.75, 3.05) is 31.2 Å². The van der Waals surface area contributed by atoms with Crippen LogP contribution in [-0.4, -0.2) is 47.3 Å². The Hall–Kier alpha value is -2.67. The third-order valence-corrected chi connectivity index (χ3v) is 3.57. The Bertz CT molecular complexity index is 714. The number of aromatic nitrogens is 2. The van der Waals surface area contributed by atoms with Crippen molar-refractivity contribution in [3.05, 3.63) is 41.6 Å². The fourth-order valence-corrected chi connectivity index (χ4v) is 2.27. The fraction of sp³-hybridized carbons (Fsp3) is 0.312. The maximum absolute atomic E-state index is 11.4. The van der Waals surface area contributed by atoms with E-state index in [2.05, 4.69) is 9.97 Å². The summed E-state index contributed by atoms with van der Waals surface area (Å²) in [4.78, 5) is 21.8. The molecule has 1 aliphatic rings. The van der Waals surface area contributed by atoms with Crippen LogP contribution in [0.15, 0.2) is 30.5 Å². The third kappa shape index (κ3) is 3.40. The molecule has 1 aliphatic heterocycles. The average Bonchev–Trinajstić information content (AvgIpc) is 2.57. The molecule has 1 aromatic carbocycles. The molecule has 1 aromatic heterocycles. The van der Waals surface area contributed by atoms with Crippen molar-refractivity contribution < 1.29 is 19.4 Å². The molecule has 120 valence electrons. The number of para-hydroxylation sites is 1. The minimum Gasteiger partial charge on any atom is -0.477 e. The number of benzene rings is 1. The molecule has 1 saturated heterocycles. The number of aromatic carboxylic acids is 1. The molecule has 0 spiro atoms. The zero-order chi connectivity index (χ0) is 16.2. The van der Waals surface area contributed by atoms with Crippen LogP contribution in [0.5, 0.6) is 11.6 Å². The van der Waals surface area contributed by atoms with Gasteiger partial charge in [-0.05, 0) is 18.6 Å². The number of hydrogen-bond donors (Lipinski definition) is 1. The number of rotatable bonds is 4. The minimum atomic E-state index is -1.12. The third-order valence-electron chi connectivity index (χ3n) is 3.57. The highest BCUT2D eigenvalue weighted by Gasteiger charge is 2.20. The van der Waals surface area contributed by atoms with Crippen molar-refractivity contribution in [2.45, 2.75) is 6.92 Å². The number of ether oxygens (including phenoxy) is 2. The van der Waals surface area contributed by atoms with Gasteiger partial charge in [0, 0.05) is 13.1 Å². The molecule has 0 atom stereocenters. The zero-order valence-corrected chi connectivity index (χ0v) is 12.7. The quantitative estimate of drug-likeness (QED) is 0.925. The Morgan fingerprint density at radius 3 is 2.74 bits per heavy atom. The summed E-state index contributed by atoms with van der Waals surface area (Å²) in [5.41, 5.74) is 0.834. The van der Waals surface area contributed by atoms with Crippen LogP contribution in [0, 0.1) is 6.92 Å². The summed E-state index contributed by atoms with van der Waals surface area (Å²) in [7, 11) is 0. The normalized spacial score (nSPS) is 14.6. The first-order valence-corrected chi connectivity index (χ1v) is 7.31. The van der Waals surface area contributed by atoms with Crippen LogP contribution in [0.1, 0.15) is 15.9 Å². The molecule has 0 bridgehead atoms. The molecule has 2 aromatic rings. The van der Waals surface area contributed by atoms with Gasteiger partial charge in [-0.3, -0.25) is 0 Å². The molecule has 3 rings (SSSR count). The van der Waals surface area contributed by atoms with Crippen molar-refractivity contribution >= 4 is 11.9 Å². The van der Waals surface area contributed by atoms with E-state index in [1.165, 1.54) is 6.20 Å². The van der Waals surface area contributed by atoms with E-state index in [0.717, 1.165) is 5.56 Å². The summed E-state index contributed by atoms with van der Waals surface area (Å²) in [6, 6.07) is 7.38. The maximum atomic E-state index is 11.4. The number of morpholine rings is 1. The lowest BCUT2D eigenvalue weighted by Gasteiger charge is -2.27. The molecule has 0 radical (unpaired) electrons. The first-order chi connectivity index (χ1) is 11.1. The first-order valence-electron chi connectivity index (χ1n) is 7.31. The molecular formula is C16H17N3O4. The molecule has 0 saturated carbocycles. The molecule has 7 nitrogen and oxygen atoms in total. The van der Waals surface area contributed by atoms with Gasteiger partial charge >= 0.3 is 5.97 Å². The molecule has 0 aliphatic carbocycles. The lowest BCUT2D eigenvalue weighted by molar-refractivity contribution is 0.0692. The van der Waals surface area contributed by atoms with Crippen LogP contribution in [0.2, 0.25) is 0 Å². The second-order valence-electron chi connectivity index (χ2n) is 5.16. The predicted molar refractivity (Wildman–Crippen MR) is 83.3 cm³/mol. The number of anilines is 1. The Kier molecular flexibility index (Phi) is 4.38. The minimum absolute atomic E-state index is 0.0447. The summed E-state index contributed by atoms with van der Waals surface area (Å²) < 4.78 is 11.0. The summed E-state index contributed by atoms with van der Waals surface area (Å²) >= 11 is 0. The number of aryl methyl sites for hydroxylation is 1. The van der Waals surface area contributed by atoms with E-state index in [-0.39, 0.29) is 11.4 Å². The van der Waals surface area contributed by atoms with Crippen LogP contribution in [0.4, 0.5) is 5.95 Å². The van der Waals surface area contributed by atoms with E-state index in [1.807, 2.05) is 30.0 Å². The summed E-state index contributed by atoms with van der Waals surface area (Å²) in [6.45, 7) is 4.41. The Labute approximate surface area is 133 Å². The van der Waals surface area contributed by atoms with E-state index in [0.29, 0.717) is 38.0 Å². The van der Waals surface area contributed by atoms with Crippen LogP contribution in [-0.2, 0) is 4.74 Å². The highest BCUT2D eigenvalue weighted by atomic mass is 16.5. The Balaban J connectivity index is 1.95. The monoisotopic (exact) mass is 315 g/mol. The van der Waals surface area contributed by atoms with Crippen molar-refractivity contribution in [1.29, 1.82) is 0 Å². The molecule has 1 N–H and O–H groups in total. The van der Waals surface area contributed by atoms with Crippen molar-refractivity contribution in [3.8, 4) is 11.6 Å². The largest absolute Gasteiger partial charge is 0.477 e. The van der Waals surface area contributed by atoms with Crippen LogP contribution >= 0.6 is 0 Å². The summed E-state index contributed by atoms with van der Waals surface area (Å²) in [5.74, 6) is -0.0612. The van der Waals surface area contributed by atoms with E-state index in [9.17, 15) is 9.90 Å². The number of carboxylic acids is 1. The second-order valence-corrected chi connectivity index (χ2v) is 5.16. The van der Waals surface area contributed by atoms with E-state index >= 15 is 0 Å². The van der Waals surface area contributed by atoms with Gasteiger partial charge in [0.2, 0.25) is 11.8 Å². The van der Waals surface area contributed by atoms with E-state index < -0.39 is 5.97 Å². The zero-order valence-electron chi connectivity index (χ0n) is 12.7. The van der Waals surface area contributed by atoms with Crippen LogP contribution < -0.4 is 9.64 Å². The van der Waals surface area contributed by atoms with Gasteiger partial charge in [-0.15, -0.1) is 0 Å².